The van der Waals surface area contributed by atoms with Crippen molar-refractivity contribution < 1.29 is 9.59 Å². The number of carbonyl (C=O) groups excluding carboxylic acids is 2. The average Bonchev–Trinajstić information content (AvgIpc) is 2.35. The number of ketones is 1. The van der Waals surface area contributed by atoms with E-state index in [9.17, 15) is 9.59 Å². The number of carbonyl (C=O) groups is 2. The molecule has 17 heavy (non-hydrogen) atoms. The smallest absolute Gasteiger partial charge is 0.162 e. The zero-order valence-corrected chi connectivity index (χ0v) is 11.6. The third kappa shape index (κ3) is 4.82. The third-order valence-electron chi connectivity index (χ3n) is 2.76. The van der Waals surface area contributed by atoms with Gasteiger partial charge >= 0.3 is 0 Å². The van der Waals surface area contributed by atoms with E-state index in [4.69, 9.17) is 0 Å². The van der Waals surface area contributed by atoms with Gasteiger partial charge in [0.05, 0.1) is 0 Å². The second-order valence-electron chi connectivity index (χ2n) is 4.15. The van der Waals surface area contributed by atoms with Gasteiger partial charge in [-0.25, -0.2) is 0 Å². The molecule has 0 spiro atoms. The largest absolute Gasteiger partial charge is 0.303 e. The number of benzene rings is 1. The molecule has 0 saturated carbocycles. The van der Waals surface area contributed by atoms with Gasteiger partial charge in [-0.2, -0.15) is 0 Å². The molecule has 92 valence electrons. The summed E-state index contributed by atoms with van der Waals surface area (Å²) < 4.78 is 0.964. The molecular weight excluding hydrogens is 280 g/mol. The Balaban J connectivity index is 2.49. The van der Waals surface area contributed by atoms with Crippen molar-refractivity contribution in [2.45, 2.75) is 32.6 Å². The minimum atomic E-state index is 0.0272. The summed E-state index contributed by atoms with van der Waals surface area (Å²) in [7, 11) is 0. The van der Waals surface area contributed by atoms with Crippen LogP contribution < -0.4 is 0 Å². The first-order valence-electron chi connectivity index (χ1n) is 5.91. The zero-order chi connectivity index (χ0) is 12.7. The number of aldehydes is 1. The minimum absolute atomic E-state index is 0.0272. The summed E-state index contributed by atoms with van der Waals surface area (Å²) in [6, 6.07) is 7.33. The lowest BCUT2D eigenvalue weighted by molar-refractivity contribution is -0.111. The molecule has 0 amide bonds. The van der Waals surface area contributed by atoms with Crippen molar-refractivity contribution in [1.82, 2.24) is 0 Å². The summed E-state index contributed by atoms with van der Waals surface area (Å²) in [6.07, 6.45) is 3.93. The van der Waals surface area contributed by atoms with Crippen LogP contribution in [0.2, 0.25) is 0 Å². The van der Waals surface area contributed by atoms with Crippen molar-refractivity contribution in [3.63, 3.8) is 0 Å². The standard InChI is InChI=1S/C14H17BrO2/c1-2-3-11(10-16)4-9-14(17)12-5-7-13(15)8-6-12/h5-8,10-11H,2-4,9H2,1H3/t11-/m1/s1. The van der Waals surface area contributed by atoms with Gasteiger partial charge in [0.25, 0.3) is 0 Å². The van der Waals surface area contributed by atoms with Crippen LogP contribution in [-0.2, 0) is 4.79 Å². The molecule has 0 fully saturated rings. The molecule has 3 heteroatoms. The summed E-state index contributed by atoms with van der Waals surface area (Å²) in [5.41, 5.74) is 0.717. The van der Waals surface area contributed by atoms with E-state index in [1.807, 2.05) is 31.2 Å². The Bertz CT molecular complexity index is 370. The van der Waals surface area contributed by atoms with Gasteiger partial charge in [-0.1, -0.05) is 41.4 Å². The van der Waals surface area contributed by atoms with Crippen LogP contribution in [0.5, 0.6) is 0 Å². The molecule has 1 rings (SSSR count). The lowest BCUT2D eigenvalue weighted by Gasteiger charge is -2.07. The highest BCUT2D eigenvalue weighted by molar-refractivity contribution is 9.10. The number of halogens is 1. The van der Waals surface area contributed by atoms with Crippen LogP contribution in [0.1, 0.15) is 43.0 Å². The van der Waals surface area contributed by atoms with Crippen molar-refractivity contribution in [3.8, 4) is 0 Å². The molecule has 1 aromatic carbocycles. The van der Waals surface area contributed by atoms with Gasteiger partial charge in [0.2, 0.25) is 0 Å². The van der Waals surface area contributed by atoms with E-state index in [0.29, 0.717) is 18.4 Å². The number of Topliss-reactive ketones (excluding diaryl/α,β-unsaturated/α-hetero) is 1. The fourth-order valence-electron chi connectivity index (χ4n) is 1.75. The molecule has 1 atom stereocenters. The highest BCUT2D eigenvalue weighted by Crippen LogP contribution is 2.16. The van der Waals surface area contributed by atoms with Crippen LogP contribution in [0.25, 0.3) is 0 Å². The first-order chi connectivity index (χ1) is 8.17. The van der Waals surface area contributed by atoms with E-state index < -0.39 is 0 Å². The van der Waals surface area contributed by atoms with Gasteiger partial charge in [-0.3, -0.25) is 4.79 Å². The van der Waals surface area contributed by atoms with E-state index in [1.54, 1.807) is 0 Å². The van der Waals surface area contributed by atoms with Crippen molar-refractivity contribution in [1.29, 1.82) is 0 Å². The molecule has 0 radical (unpaired) electrons. The molecule has 0 aromatic heterocycles. The summed E-state index contributed by atoms with van der Waals surface area (Å²) >= 11 is 3.33. The van der Waals surface area contributed by atoms with Crippen LogP contribution in [0.4, 0.5) is 0 Å². The highest BCUT2D eigenvalue weighted by Gasteiger charge is 2.11. The van der Waals surface area contributed by atoms with Crippen LogP contribution >= 0.6 is 15.9 Å². The second-order valence-corrected chi connectivity index (χ2v) is 5.07. The summed E-state index contributed by atoms with van der Waals surface area (Å²) in [5, 5.41) is 0. The average molecular weight is 297 g/mol. The fraction of sp³-hybridized carbons (Fsp3) is 0.429. The zero-order valence-electron chi connectivity index (χ0n) is 9.99. The molecule has 2 nitrogen and oxygen atoms in total. The summed E-state index contributed by atoms with van der Waals surface area (Å²) in [4.78, 5) is 22.6. The maximum absolute atomic E-state index is 11.8. The molecule has 0 saturated heterocycles. The molecule has 0 heterocycles. The van der Waals surface area contributed by atoms with E-state index in [1.165, 1.54) is 0 Å². The van der Waals surface area contributed by atoms with Crippen molar-refractivity contribution in [2.75, 3.05) is 0 Å². The Morgan fingerprint density at radius 1 is 1.29 bits per heavy atom. The van der Waals surface area contributed by atoms with Gasteiger partial charge in [-0.05, 0) is 25.0 Å². The van der Waals surface area contributed by atoms with Crippen LogP contribution in [0.3, 0.4) is 0 Å². The Morgan fingerprint density at radius 3 is 2.47 bits per heavy atom. The number of hydrogen-bond donors (Lipinski definition) is 0. The van der Waals surface area contributed by atoms with E-state index in [0.717, 1.165) is 23.6 Å². The minimum Gasteiger partial charge on any atom is -0.303 e. The first-order valence-corrected chi connectivity index (χ1v) is 6.70. The quantitative estimate of drug-likeness (QED) is 0.562. The lowest BCUT2D eigenvalue weighted by Crippen LogP contribution is -2.06. The number of rotatable bonds is 7. The molecule has 0 bridgehead atoms. The van der Waals surface area contributed by atoms with Gasteiger partial charge in [0.15, 0.2) is 5.78 Å². The monoisotopic (exact) mass is 296 g/mol. The molecule has 0 aliphatic heterocycles. The van der Waals surface area contributed by atoms with E-state index >= 15 is 0 Å². The fourth-order valence-corrected chi connectivity index (χ4v) is 2.01. The van der Waals surface area contributed by atoms with Crippen LogP contribution in [0, 0.1) is 5.92 Å². The predicted octanol–water partition coefficient (Wildman–Crippen LogP) is 4.03. The maximum atomic E-state index is 11.8. The van der Waals surface area contributed by atoms with Gasteiger partial charge < -0.3 is 4.79 Å². The van der Waals surface area contributed by atoms with Crippen molar-refractivity contribution in [2.24, 2.45) is 5.92 Å². The van der Waals surface area contributed by atoms with E-state index in [2.05, 4.69) is 15.9 Å². The molecule has 1 aromatic rings. The van der Waals surface area contributed by atoms with Crippen LogP contribution in [-0.4, -0.2) is 12.1 Å². The third-order valence-corrected chi connectivity index (χ3v) is 3.29. The predicted molar refractivity (Wildman–Crippen MR) is 72.2 cm³/mol. The Hall–Kier alpha value is -0.960. The topological polar surface area (TPSA) is 34.1 Å². The highest BCUT2D eigenvalue weighted by atomic mass is 79.9. The van der Waals surface area contributed by atoms with Gasteiger partial charge in [-0.15, -0.1) is 0 Å². The van der Waals surface area contributed by atoms with E-state index in [-0.39, 0.29) is 11.7 Å². The van der Waals surface area contributed by atoms with Crippen molar-refractivity contribution in [3.05, 3.63) is 34.3 Å². The molecule has 0 unspecified atom stereocenters. The lowest BCUT2D eigenvalue weighted by atomic mass is 9.96. The maximum Gasteiger partial charge on any atom is 0.162 e. The van der Waals surface area contributed by atoms with Gasteiger partial charge in [0, 0.05) is 22.4 Å². The summed E-state index contributed by atoms with van der Waals surface area (Å²) in [6.45, 7) is 2.05. The SMILES string of the molecule is CCC[C@@H](C=O)CCC(=O)c1ccc(Br)cc1. The summed E-state index contributed by atoms with van der Waals surface area (Å²) in [5.74, 6) is 0.139. The Labute approximate surface area is 111 Å². The number of hydrogen-bond acceptors (Lipinski definition) is 2. The molecule has 0 aliphatic rings. The molecule has 0 N–H and O–H groups in total. The Morgan fingerprint density at radius 2 is 1.94 bits per heavy atom. The first kappa shape index (κ1) is 14.1. The molecular formula is C14H17BrO2. The van der Waals surface area contributed by atoms with Crippen LogP contribution in [0.15, 0.2) is 28.7 Å². The second kappa shape index (κ2) is 7.38. The normalized spacial score (nSPS) is 12.1. The molecule has 0 aliphatic carbocycles. The van der Waals surface area contributed by atoms with Gasteiger partial charge in [0.1, 0.15) is 6.29 Å². The Kier molecular flexibility index (Phi) is 6.12. The van der Waals surface area contributed by atoms with Crippen molar-refractivity contribution >= 4 is 28.0 Å².